The molecule has 20 heavy (non-hydrogen) atoms. The van der Waals surface area contributed by atoms with Gasteiger partial charge in [0.25, 0.3) is 5.91 Å². The molecular weight excluding hydrogens is 272 g/mol. The van der Waals surface area contributed by atoms with Gasteiger partial charge in [0.2, 0.25) is 0 Å². The van der Waals surface area contributed by atoms with Crippen LogP contribution in [0.1, 0.15) is 21.8 Å². The van der Waals surface area contributed by atoms with E-state index in [2.05, 4.69) is 20.2 Å². The van der Waals surface area contributed by atoms with Crippen LogP contribution in [0, 0.1) is 6.92 Å². The van der Waals surface area contributed by atoms with Gasteiger partial charge in [-0.1, -0.05) is 5.16 Å². The molecule has 0 bridgehead atoms. The Kier molecular flexibility index (Phi) is 4.24. The molecule has 0 fully saturated rings. The van der Waals surface area contributed by atoms with E-state index in [0.717, 1.165) is 11.8 Å². The molecule has 2 aromatic heterocycles. The van der Waals surface area contributed by atoms with Crippen molar-refractivity contribution >= 4 is 5.91 Å². The van der Waals surface area contributed by atoms with E-state index in [9.17, 15) is 13.6 Å². The van der Waals surface area contributed by atoms with Gasteiger partial charge in [-0.25, -0.2) is 4.98 Å². The molecule has 0 saturated heterocycles. The number of hydrogen-bond acceptors (Lipinski definition) is 5. The van der Waals surface area contributed by atoms with E-state index < -0.39 is 12.5 Å². The van der Waals surface area contributed by atoms with Gasteiger partial charge in [-0.05, 0) is 19.1 Å². The number of hydrogen-bond donors (Lipinski definition) is 1. The Morgan fingerprint density at radius 3 is 2.80 bits per heavy atom. The number of carbonyl (C=O) groups excluding carboxylic acids is 1. The number of aromatic nitrogens is 2. The number of nitrogens with one attached hydrogen (secondary N) is 1. The number of pyridine rings is 1. The number of nitrogens with zero attached hydrogens (tertiary/aromatic N) is 2. The summed E-state index contributed by atoms with van der Waals surface area (Å²) in [4.78, 5) is 15.5. The van der Waals surface area contributed by atoms with Gasteiger partial charge in [-0.3, -0.25) is 4.79 Å². The van der Waals surface area contributed by atoms with Crippen LogP contribution in [0.3, 0.4) is 0 Å². The summed E-state index contributed by atoms with van der Waals surface area (Å²) in [6.07, 6.45) is 2.56. The van der Waals surface area contributed by atoms with Crippen LogP contribution in [0.5, 0.6) is 5.75 Å². The zero-order valence-electron chi connectivity index (χ0n) is 10.5. The van der Waals surface area contributed by atoms with E-state index in [1.54, 1.807) is 6.92 Å². The number of ether oxygens (including phenoxy) is 1. The minimum atomic E-state index is -2.92. The minimum Gasteiger partial charge on any atom is -0.433 e. The number of amides is 1. The maximum absolute atomic E-state index is 12.0. The van der Waals surface area contributed by atoms with Gasteiger partial charge in [0.15, 0.2) is 0 Å². The van der Waals surface area contributed by atoms with E-state index in [1.165, 1.54) is 18.3 Å². The molecule has 0 aromatic carbocycles. The number of rotatable bonds is 5. The molecule has 8 heteroatoms. The van der Waals surface area contributed by atoms with Crippen molar-refractivity contribution in [1.29, 1.82) is 0 Å². The third-order valence-corrected chi connectivity index (χ3v) is 2.48. The predicted octanol–water partition coefficient (Wildman–Crippen LogP) is 1.91. The second-order valence-corrected chi connectivity index (χ2v) is 3.85. The Morgan fingerprint density at radius 2 is 2.25 bits per heavy atom. The topological polar surface area (TPSA) is 77.2 Å². The number of aryl methyl sites for hydroxylation is 1. The zero-order valence-corrected chi connectivity index (χ0v) is 10.5. The summed E-state index contributed by atoms with van der Waals surface area (Å²) in [5.74, 6) is 0.0690. The lowest BCUT2D eigenvalue weighted by atomic mass is 10.2. The van der Waals surface area contributed by atoms with Gasteiger partial charge in [-0.2, -0.15) is 8.78 Å². The zero-order chi connectivity index (χ0) is 14.5. The minimum absolute atomic E-state index is 0.0979. The van der Waals surface area contributed by atoms with Crippen molar-refractivity contribution in [2.45, 2.75) is 20.1 Å². The molecule has 2 aromatic rings. The highest BCUT2D eigenvalue weighted by molar-refractivity contribution is 5.92. The summed E-state index contributed by atoms with van der Waals surface area (Å²) in [6.45, 7) is -0.956. The SMILES string of the molecule is Cc1oncc1CNC(=O)c1ccc(OC(F)F)cn1. The molecule has 0 spiro atoms. The van der Waals surface area contributed by atoms with E-state index in [4.69, 9.17) is 4.52 Å². The summed E-state index contributed by atoms with van der Waals surface area (Å²) in [6, 6.07) is 2.55. The third kappa shape index (κ3) is 3.50. The van der Waals surface area contributed by atoms with Crippen LogP contribution < -0.4 is 10.1 Å². The van der Waals surface area contributed by atoms with Crippen molar-refractivity contribution in [2.75, 3.05) is 0 Å². The van der Waals surface area contributed by atoms with Crippen molar-refractivity contribution < 1.29 is 22.8 Å². The van der Waals surface area contributed by atoms with Gasteiger partial charge in [0, 0.05) is 12.1 Å². The van der Waals surface area contributed by atoms with Crippen molar-refractivity contribution in [3.8, 4) is 5.75 Å². The highest BCUT2D eigenvalue weighted by atomic mass is 19.3. The smallest absolute Gasteiger partial charge is 0.387 e. The maximum atomic E-state index is 12.0. The van der Waals surface area contributed by atoms with Crippen molar-refractivity contribution in [3.63, 3.8) is 0 Å². The van der Waals surface area contributed by atoms with Crippen LogP contribution in [0.25, 0.3) is 0 Å². The Bertz CT molecular complexity index is 584. The van der Waals surface area contributed by atoms with Crippen LogP contribution in [-0.2, 0) is 6.54 Å². The summed E-state index contributed by atoms with van der Waals surface area (Å²) in [5.41, 5.74) is 0.844. The Morgan fingerprint density at radius 1 is 1.45 bits per heavy atom. The Balaban J connectivity index is 1.94. The first-order valence-electron chi connectivity index (χ1n) is 5.65. The van der Waals surface area contributed by atoms with Crippen molar-refractivity contribution in [2.24, 2.45) is 0 Å². The van der Waals surface area contributed by atoms with Crippen LogP contribution >= 0.6 is 0 Å². The molecule has 0 atom stereocenters. The van der Waals surface area contributed by atoms with E-state index >= 15 is 0 Å². The molecule has 2 rings (SSSR count). The summed E-state index contributed by atoms with van der Waals surface area (Å²) in [5, 5.41) is 6.19. The van der Waals surface area contributed by atoms with Crippen molar-refractivity contribution in [1.82, 2.24) is 15.5 Å². The van der Waals surface area contributed by atoms with Gasteiger partial charge in [-0.15, -0.1) is 0 Å². The molecule has 0 radical (unpaired) electrons. The average molecular weight is 283 g/mol. The predicted molar refractivity (Wildman–Crippen MR) is 63.3 cm³/mol. The molecule has 0 saturated carbocycles. The van der Waals surface area contributed by atoms with Gasteiger partial charge >= 0.3 is 6.61 Å². The number of halogens is 2. The molecule has 0 aliphatic heterocycles. The summed E-state index contributed by atoms with van der Waals surface area (Å²) < 4.78 is 32.9. The fraction of sp³-hybridized carbons (Fsp3) is 0.250. The second kappa shape index (κ2) is 6.09. The number of carbonyl (C=O) groups is 1. The summed E-state index contributed by atoms with van der Waals surface area (Å²) in [7, 11) is 0. The molecular formula is C12H11F2N3O3. The maximum Gasteiger partial charge on any atom is 0.387 e. The van der Waals surface area contributed by atoms with Crippen LogP contribution in [0.15, 0.2) is 29.0 Å². The molecule has 106 valence electrons. The summed E-state index contributed by atoms with van der Waals surface area (Å²) >= 11 is 0. The second-order valence-electron chi connectivity index (χ2n) is 3.85. The third-order valence-electron chi connectivity index (χ3n) is 2.48. The largest absolute Gasteiger partial charge is 0.433 e. The van der Waals surface area contributed by atoms with Gasteiger partial charge in [0.1, 0.15) is 17.2 Å². The molecule has 0 aliphatic rings. The highest BCUT2D eigenvalue weighted by Gasteiger charge is 2.10. The molecule has 0 aliphatic carbocycles. The fourth-order valence-electron chi connectivity index (χ4n) is 1.44. The molecule has 1 amide bonds. The Hall–Kier alpha value is -2.51. The first-order chi connectivity index (χ1) is 9.56. The van der Waals surface area contributed by atoms with Gasteiger partial charge < -0.3 is 14.6 Å². The van der Waals surface area contributed by atoms with Crippen molar-refractivity contribution in [3.05, 3.63) is 41.5 Å². The lowest BCUT2D eigenvalue weighted by Gasteiger charge is -2.05. The van der Waals surface area contributed by atoms with Crippen LogP contribution in [0.2, 0.25) is 0 Å². The first kappa shape index (κ1) is 13.9. The van der Waals surface area contributed by atoms with Gasteiger partial charge in [0.05, 0.1) is 12.4 Å². The average Bonchev–Trinajstić information content (AvgIpc) is 2.82. The standard InChI is InChI=1S/C12H11F2N3O3/c1-7-8(5-17-20-7)4-16-11(18)10-3-2-9(6-15-10)19-12(13)14/h2-3,5-6,12H,4H2,1H3,(H,16,18). The monoisotopic (exact) mass is 283 g/mol. The molecule has 0 unspecified atom stereocenters. The van der Waals surface area contributed by atoms with Crippen LogP contribution in [0.4, 0.5) is 8.78 Å². The lowest BCUT2D eigenvalue weighted by Crippen LogP contribution is -2.23. The first-order valence-corrected chi connectivity index (χ1v) is 5.65. The van der Waals surface area contributed by atoms with E-state index in [1.807, 2.05) is 0 Å². The fourth-order valence-corrected chi connectivity index (χ4v) is 1.44. The van der Waals surface area contributed by atoms with E-state index in [-0.39, 0.29) is 18.0 Å². The number of alkyl halides is 2. The quantitative estimate of drug-likeness (QED) is 0.907. The molecule has 6 nitrogen and oxygen atoms in total. The normalized spacial score (nSPS) is 10.6. The van der Waals surface area contributed by atoms with E-state index in [0.29, 0.717) is 5.76 Å². The Labute approximate surface area is 112 Å². The molecule has 1 N–H and O–H groups in total. The molecule has 2 heterocycles. The lowest BCUT2D eigenvalue weighted by molar-refractivity contribution is -0.0500. The van der Waals surface area contributed by atoms with Crippen LogP contribution in [-0.4, -0.2) is 22.7 Å². The highest BCUT2D eigenvalue weighted by Crippen LogP contribution is 2.12.